The monoisotopic (exact) mass is 354 g/mol. The van der Waals surface area contributed by atoms with Crippen LogP contribution in [0.3, 0.4) is 0 Å². The first kappa shape index (κ1) is 22.9. The summed E-state index contributed by atoms with van der Waals surface area (Å²) in [6, 6.07) is 0. The van der Waals surface area contributed by atoms with Crippen molar-refractivity contribution in [2.45, 2.75) is 118 Å². The molecular formula is C22H46N2O. The Morgan fingerprint density at radius 1 is 0.600 bits per heavy atom. The molecule has 0 amide bonds. The van der Waals surface area contributed by atoms with Crippen LogP contribution in [0.1, 0.15) is 101 Å². The first-order chi connectivity index (χ1) is 11.4. The van der Waals surface area contributed by atoms with Crippen LogP contribution in [0.5, 0.6) is 0 Å². The van der Waals surface area contributed by atoms with Gasteiger partial charge in [-0.1, -0.05) is 55.4 Å². The van der Waals surface area contributed by atoms with Crippen LogP contribution in [0.4, 0.5) is 0 Å². The van der Waals surface area contributed by atoms with Gasteiger partial charge in [0.2, 0.25) is 0 Å². The molecule has 3 nitrogen and oxygen atoms in total. The van der Waals surface area contributed by atoms with E-state index in [-0.39, 0.29) is 21.8 Å². The Morgan fingerprint density at radius 2 is 1.00 bits per heavy atom. The largest absolute Gasteiger partial charge is 0.376 e. The third-order valence-electron chi connectivity index (χ3n) is 9.96. The molecular weight excluding hydrogens is 308 g/mol. The molecule has 0 aromatic carbocycles. The smallest absolute Gasteiger partial charge is 0.0894 e. The predicted octanol–water partition coefficient (Wildman–Crippen LogP) is 5.26. The molecule has 3 heteroatoms. The Labute approximate surface area is 157 Å². The van der Waals surface area contributed by atoms with Gasteiger partial charge in [0.25, 0.3) is 0 Å². The molecule has 0 spiro atoms. The Morgan fingerprint density at radius 3 is 1.24 bits per heavy atom. The van der Waals surface area contributed by atoms with Crippen molar-refractivity contribution in [3.63, 3.8) is 0 Å². The molecule has 0 bridgehead atoms. The topological polar surface area (TPSA) is 61.3 Å². The Bertz CT molecular complexity index is 441. The highest BCUT2D eigenvalue weighted by molar-refractivity contribution is 5.34. The molecule has 5 unspecified atom stereocenters. The lowest BCUT2D eigenvalue weighted by atomic mass is 9.30. The summed E-state index contributed by atoms with van der Waals surface area (Å²) in [6.45, 7) is 20.7. The van der Waals surface area contributed by atoms with E-state index in [2.05, 4.69) is 62.3 Å². The highest BCUT2D eigenvalue weighted by atomic mass is 16.5. The van der Waals surface area contributed by atoms with Gasteiger partial charge in [-0.2, -0.15) is 0 Å². The molecule has 0 heterocycles. The van der Waals surface area contributed by atoms with Crippen LogP contribution in [0.15, 0.2) is 0 Å². The Balaban J connectivity index is 4.14. The van der Waals surface area contributed by atoms with Crippen LogP contribution >= 0.6 is 0 Å². The van der Waals surface area contributed by atoms with E-state index in [1.54, 1.807) is 0 Å². The SMILES string of the molecule is CCC1(C)C(C)(CC)C(C)(OC)C(N)(CC)C(CC)(CC)C1(N)CC. The molecule has 0 radical (unpaired) electrons. The lowest BCUT2D eigenvalue weighted by molar-refractivity contribution is -0.304. The highest BCUT2D eigenvalue weighted by Crippen LogP contribution is 2.73. The van der Waals surface area contributed by atoms with Crippen molar-refractivity contribution in [2.24, 2.45) is 27.7 Å². The van der Waals surface area contributed by atoms with E-state index in [1.165, 1.54) is 0 Å². The number of hydrogen-bond donors (Lipinski definition) is 2. The summed E-state index contributed by atoms with van der Waals surface area (Å²) in [6.07, 6.45) is 5.80. The summed E-state index contributed by atoms with van der Waals surface area (Å²) in [5.74, 6) is 0. The van der Waals surface area contributed by atoms with Crippen molar-refractivity contribution in [3.05, 3.63) is 0 Å². The molecule has 0 aromatic heterocycles. The van der Waals surface area contributed by atoms with E-state index in [0.717, 1.165) is 38.5 Å². The van der Waals surface area contributed by atoms with E-state index in [9.17, 15) is 0 Å². The summed E-state index contributed by atoms with van der Waals surface area (Å²) in [4.78, 5) is 0. The molecule has 1 rings (SSSR count). The zero-order valence-corrected chi connectivity index (χ0v) is 18.8. The Hall–Kier alpha value is -0.120. The summed E-state index contributed by atoms with van der Waals surface area (Å²) >= 11 is 0. The minimum Gasteiger partial charge on any atom is -0.376 e. The van der Waals surface area contributed by atoms with Gasteiger partial charge in [-0.15, -0.1) is 0 Å². The average Bonchev–Trinajstić information content (AvgIpc) is 2.65. The molecule has 5 atom stereocenters. The van der Waals surface area contributed by atoms with Gasteiger partial charge in [0.1, 0.15) is 0 Å². The van der Waals surface area contributed by atoms with Crippen LogP contribution < -0.4 is 11.5 Å². The second-order valence-electron chi connectivity index (χ2n) is 9.05. The number of methoxy groups -OCH3 is 1. The van der Waals surface area contributed by atoms with Crippen LogP contribution in [0, 0.1) is 16.2 Å². The van der Waals surface area contributed by atoms with E-state index < -0.39 is 11.1 Å². The Kier molecular flexibility index (Phi) is 6.23. The zero-order valence-electron chi connectivity index (χ0n) is 18.8. The maximum atomic E-state index is 7.49. The van der Waals surface area contributed by atoms with Crippen LogP contribution in [0.25, 0.3) is 0 Å². The summed E-state index contributed by atoms with van der Waals surface area (Å²) in [7, 11) is 1.85. The predicted molar refractivity (Wildman–Crippen MR) is 110 cm³/mol. The fraction of sp³-hybridized carbons (Fsp3) is 1.00. The van der Waals surface area contributed by atoms with E-state index in [0.29, 0.717) is 0 Å². The number of hydrogen-bond acceptors (Lipinski definition) is 3. The lowest BCUT2D eigenvalue weighted by Gasteiger charge is -2.79. The van der Waals surface area contributed by atoms with Gasteiger partial charge in [-0.05, 0) is 50.9 Å². The van der Waals surface area contributed by atoms with Crippen LogP contribution in [-0.4, -0.2) is 23.8 Å². The van der Waals surface area contributed by atoms with Crippen LogP contribution in [-0.2, 0) is 4.74 Å². The molecule has 1 aliphatic carbocycles. The molecule has 150 valence electrons. The van der Waals surface area contributed by atoms with Gasteiger partial charge >= 0.3 is 0 Å². The standard InChI is InChI=1S/C22H46N2O/c1-11-17(7)18(8,12-2)21(23,15-5)20(13-3,14-4)22(24,16-6)19(17,9)25-10/h11-16,23-24H2,1-10H3. The summed E-state index contributed by atoms with van der Waals surface area (Å²) in [5, 5.41) is 0. The normalized spacial score (nSPS) is 47.0. The van der Waals surface area contributed by atoms with E-state index in [1.807, 2.05) is 7.11 Å². The van der Waals surface area contributed by atoms with Gasteiger partial charge in [0.05, 0.1) is 11.1 Å². The van der Waals surface area contributed by atoms with Crippen molar-refractivity contribution in [2.75, 3.05) is 7.11 Å². The van der Waals surface area contributed by atoms with Crippen molar-refractivity contribution in [3.8, 4) is 0 Å². The molecule has 0 aliphatic heterocycles. The molecule has 0 aromatic rings. The van der Waals surface area contributed by atoms with Gasteiger partial charge in [-0.25, -0.2) is 0 Å². The van der Waals surface area contributed by atoms with Crippen LogP contribution in [0.2, 0.25) is 0 Å². The third-order valence-corrected chi connectivity index (χ3v) is 9.96. The maximum absolute atomic E-state index is 7.49. The van der Waals surface area contributed by atoms with Gasteiger partial charge in [-0.3, -0.25) is 0 Å². The minimum absolute atomic E-state index is 0.0711. The van der Waals surface area contributed by atoms with E-state index in [4.69, 9.17) is 16.2 Å². The molecule has 0 saturated heterocycles. The highest BCUT2D eigenvalue weighted by Gasteiger charge is 2.79. The summed E-state index contributed by atoms with van der Waals surface area (Å²) < 4.78 is 6.41. The first-order valence-corrected chi connectivity index (χ1v) is 10.6. The quantitative estimate of drug-likeness (QED) is 0.655. The lowest BCUT2D eigenvalue weighted by Crippen LogP contribution is -2.89. The zero-order chi connectivity index (χ0) is 19.9. The number of rotatable bonds is 7. The molecule has 1 aliphatic rings. The van der Waals surface area contributed by atoms with Crippen molar-refractivity contribution >= 4 is 0 Å². The molecule has 1 saturated carbocycles. The fourth-order valence-electron chi connectivity index (χ4n) is 7.65. The van der Waals surface area contributed by atoms with Crippen molar-refractivity contribution in [1.29, 1.82) is 0 Å². The molecule has 4 N–H and O–H groups in total. The second kappa shape index (κ2) is 6.80. The second-order valence-corrected chi connectivity index (χ2v) is 9.05. The summed E-state index contributed by atoms with van der Waals surface area (Å²) in [5.41, 5.74) is 13.3. The third kappa shape index (κ3) is 2.04. The maximum Gasteiger partial charge on any atom is 0.0894 e. The van der Waals surface area contributed by atoms with Crippen molar-refractivity contribution in [1.82, 2.24) is 0 Å². The van der Waals surface area contributed by atoms with E-state index >= 15 is 0 Å². The first-order valence-electron chi connectivity index (χ1n) is 10.6. The van der Waals surface area contributed by atoms with Gasteiger partial charge < -0.3 is 16.2 Å². The fourth-order valence-corrected chi connectivity index (χ4v) is 7.65. The molecule has 25 heavy (non-hydrogen) atoms. The molecule has 1 fully saturated rings. The number of nitrogens with two attached hydrogens (primary N) is 2. The van der Waals surface area contributed by atoms with Crippen molar-refractivity contribution < 1.29 is 4.74 Å². The van der Waals surface area contributed by atoms with Gasteiger partial charge in [0.15, 0.2) is 0 Å². The number of ether oxygens (including phenoxy) is 1. The van der Waals surface area contributed by atoms with Gasteiger partial charge in [0, 0.05) is 23.5 Å². The average molecular weight is 355 g/mol. The minimum atomic E-state index is -0.484.